The van der Waals surface area contributed by atoms with Crippen molar-refractivity contribution >= 4 is 11.7 Å². The summed E-state index contributed by atoms with van der Waals surface area (Å²) >= 11 is 0. The van der Waals surface area contributed by atoms with Crippen LogP contribution < -0.4 is 11.1 Å². The fourth-order valence-corrected chi connectivity index (χ4v) is 1.81. The standard InChI is InChI=1S/C12H17N3O/c1-8(6-9-2-3-9)15-12(16)10-4-5-14-11(13)7-10/h4-5,7-9H,2-3,6H2,1H3,(H2,13,14)(H,15,16). The van der Waals surface area contributed by atoms with Crippen LogP contribution in [0.5, 0.6) is 0 Å². The van der Waals surface area contributed by atoms with E-state index in [1.165, 1.54) is 12.8 Å². The number of carbonyl (C=O) groups excluding carboxylic acids is 1. The molecule has 1 atom stereocenters. The lowest BCUT2D eigenvalue weighted by atomic mass is 10.1. The lowest BCUT2D eigenvalue weighted by Gasteiger charge is -2.13. The minimum absolute atomic E-state index is 0.0674. The summed E-state index contributed by atoms with van der Waals surface area (Å²) < 4.78 is 0. The van der Waals surface area contributed by atoms with Crippen LogP contribution in [0.1, 0.15) is 36.5 Å². The number of carbonyl (C=O) groups is 1. The van der Waals surface area contributed by atoms with Gasteiger partial charge in [0.25, 0.3) is 5.91 Å². The number of nitrogens with two attached hydrogens (primary N) is 1. The third-order valence-corrected chi connectivity index (χ3v) is 2.80. The Morgan fingerprint density at radius 3 is 3.06 bits per heavy atom. The van der Waals surface area contributed by atoms with Gasteiger partial charge in [-0.2, -0.15) is 0 Å². The number of aromatic nitrogens is 1. The van der Waals surface area contributed by atoms with Gasteiger partial charge in [-0.25, -0.2) is 4.98 Å². The fraction of sp³-hybridized carbons (Fsp3) is 0.500. The molecule has 1 aromatic heterocycles. The Bertz CT molecular complexity index is 388. The molecule has 0 bridgehead atoms. The van der Waals surface area contributed by atoms with E-state index in [1.54, 1.807) is 18.3 Å². The van der Waals surface area contributed by atoms with E-state index in [-0.39, 0.29) is 11.9 Å². The van der Waals surface area contributed by atoms with Crippen molar-refractivity contribution in [3.8, 4) is 0 Å². The van der Waals surface area contributed by atoms with Crippen LogP contribution in [0.3, 0.4) is 0 Å². The molecule has 0 saturated heterocycles. The van der Waals surface area contributed by atoms with Crippen molar-refractivity contribution in [2.45, 2.75) is 32.2 Å². The number of pyridine rings is 1. The molecule has 1 heterocycles. The van der Waals surface area contributed by atoms with Crippen LogP contribution in [-0.4, -0.2) is 16.9 Å². The molecule has 0 radical (unpaired) electrons. The van der Waals surface area contributed by atoms with Crippen LogP contribution in [0.15, 0.2) is 18.3 Å². The smallest absolute Gasteiger partial charge is 0.251 e. The van der Waals surface area contributed by atoms with Crippen LogP contribution in [0.2, 0.25) is 0 Å². The van der Waals surface area contributed by atoms with Crippen LogP contribution >= 0.6 is 0 Å². The van der Waals surface area contributed by atoms with E-state index >= 15 is 0 Å². The SMILES string of the molecule is CC(CC1CC1)NC(=O)c1ccnc(N)c1. The molecule has 1 amide bonds. The zero-order valence-corrected chi connectivity index (χ0v) is 9.44. The summed E-state index contributed by atoms with van der Waals surface area (Å²) in [5, 5.41) is 2.97. The van der Waals surface area contributed by atoms with Crippen molar-refractivity contribution in [3.05, 3.63) is 23.9 Å². The van der Waals surface area contributed by atoms with Gasteiger partial charge in [0, 0.05) is 17.8 Å². The Kier molecular flexibility index (Phi) is 3.08. The maximum atomic E-state index is 11.8. The molecule has 0 aliphatic heterocycles. The fourth-order valence-electron chi connectivity index (χ4n) is 1.81. The zero-order chi connectivity index (χ0) is 11.5. The lowest BCUT2D eigenvalue weighted by Crippen LogP contribution is -2.32. The number of anilines is 1. The number of nitrogen functional groups attached to an aromatic ring is 1. The maximum absolute atomic E-state index is 11.8. The quantitative estimate of drug-likeness (QED) is 0.808. The summed E-state index contributed by atoms with van der Waals surface area (Å²) in [7, 11) is 0. The monoisotopic (exact) mass is 219 g/mol. The summed E-state index contributed by atoms with van der Waals surface area (Å²) in [5.74, 6) is 1.13. The van der Waals surface area contributed by atoms with Crippen molar-refractivity contribution in [1.82, 2.24) is 10.3 Å². The lowest BCUT2D eigenvalue weighted by molar-refractivity contribution is 0.0937. The normalized spacial score (nSPS) is 16.8. The van der Waals surface area contributed by atoms with Gasteiger partial charge >= 0.3 is 0 Å². The molecule has 1 saturated carbocycles. The molecule has 3 N–H and O–H groups in total. The number of rotatable bonds is 4. The van der Waals surface area contributed by atoms with Crippen molar-refractivity contribution in [2.24, 2.45) is 5.92 Å². The van der Waals surface area contributed by atoms with Gasteiger partial charge < -0.3 is 11.1 Å². The summed E-state index contributed by atoms with van der Waals surface area (Å²) in [6.45, 7) is 2.04. The maximum Gasteiger partial charge on any atom is 0.251 e. The predicted molar refractivity (Wildman–Crippen MR) is 62.9 cm³/mol. The molecule has 4 heteroatoms. The van der Waals surface area contributed by atoms with Gasteiger partial charge in [-0.1, -0.05) is 12.8 Å². The number of hydrogen-bond acceptors (Lipinski definition) is 3. The first-order valence-corrected chi connectivity index (χ1v) is 5.67. The van der Waals surface area contributed by atoms with E-state index in [4.69, 9.17) is 5.73 Å². The highest BCUT2D eigenvalue weighted by molar-refractivity contribution is 5.94. The second kappa shape index (κ2) is 4.51. The highest BCUT2D eigenvalue weighted by Crippen LogP contribution is 2.33. The third-order valence-electron chi connectivity index (χ3n) is 2.80. The largest absolute Gasteiger partial charge is 0.384 e. The van der Waals surface area contributed by atoms with Gasteiger partial charge in [0.2, 0.25) is 0 Å². The summed E-state index contributed by atoms with van der Waals surface area (Å²) in [6.07, 6.45) is 5.24. The Hall–Kier alpha value is -1.58. The highest BCUT2D eigenvalue weighted by atomic mass is 16.1. The highest BCUT2D eigenvalue weighted by Gasteiger charge is 2.24. The molecule has 1 aliphatic carbocycles. The molecule has 86 valence electrons. The third kappa shape index (κ3) is 2.95. The van der Waals surface area contributed by atoms with E-state index in [9.17, 15) is 4.79 Å². The summed E-state index contributed by atoms with van der Waals surface area (Å²) in [6, 6.07) is 3.50. The van der Waals surface area contributed by atoms with Gasteiger partial charge in [-0.15, -0.1) is 0 Å². The minimum atomic E-state index is -0.0674. The van der Waals surface area contributed by atoms with E-state index < -0.39 is 0 Å². The molecule has 2 rings (SSSR count). The number of amides is 1. The van der Waals surface area contributed by atoms with E-state index in [0.717, 1.165) is 12.3 Å². The second-order valence-electron chi connectivity index (χ2n) is 4.52. The Morgan fingerprint density at radius 2 is 2.44 bits per heavy atom. The molecule has 0 aromatic carbocycles. The molecule has 1 unspecified atom stereocenters. The first-order valence-electron chi connectivity index (χ1n) is 5.67. The number of nitrogens with one attached hydrogen (secondary N) is 1. The van der Waals surface area contributed by atoms with Crippen LogP contribution in [0.25, 0.3) is 0 Å². The zero-order valence-electron chi connectivity index (χ0n) is 9.44. The van der Waals surface area contributed by atoms with Crippen LogP contribution in [0.4, 0.5) is 5.82 Å². The number of nitrogens with zero attached hydrogens (tertiary/aromatic N) is 1. The van der Waals surface area contributed by atoms with Gasteiger partial charge in [0.1, 0.15) is 5.82 Å². The molecular formula is C12H17N3O. The van der Waals surface area contributed by atoms with Crippen molar-refractivity contribution in [1.29, 1.82) is 0 Å². The van der Waals surface area contributed by atoms with Gasteiger partial charge in [-0.05, 0) is 31.4 Å². The molecule has 1 aromatic rings. The summed E-state index contributed by atoms with van der Waals surface area (Å²) in [4.78, 5) is 15.7. The molecular weight excluding hydrogens is 202 g/mol. The Labute approximate surface area is 95.3 Å². The first kappa shape index (κ1) is 10.9. The van der Waals surface area contributed by atoms with Crippen molar-refractivity contribution in [3.63, 3.8) is 0 Å². The molecule has 16 heavy (non-hydrogen) atoms. The van der Waals surface area contributed by atoms with Crippen molar-refractivity contribution < 1.29 is 4.79 Å². The average molecular weight is 219 g/mol. The van der Waals surface area contributed by atoms with Gasteiger partial charge in [0.15, 0.2) is 0 Å². The first-order chi connectivity index (χ1) is 7.65. The minimum Gasteiger partial charge on any atom is -0.384 e. The molecule has 1 fully saturated rings. The van der Waals surface area contributed by atoms with E-state index in [0.29, 0.717) is 11.4 Å². The topological polar surface area (TPSA) is 68.0 Å². The second-order valence-corrected chi connectivity index (χ2v) is 4.52. The summed E-state index contributed by atoms with van der Waals surface area (Å²) in [5.41, 5.74) is 6.11. The van der Waals surface area contributed by atoms with Crippen LogP contribution in [0, 0.1) is 5.92 Å². The Balaban J connectivity index is 1.91. The molecule has 1 aliphatic rings. The molecule has 0 spiro atoms. The van der Waals surface area contributed by atoms with E-state index in [2.05, 4.69) is 10.3 Å². The number of hydrogen-bond donors (Lipinski definition) is 2. The Morgan fingerprint density at radius 1 is 1.69 bits per heavy atom. The molecule has 4 nitrogen and oxygen atoms in total. The van der Waals surface area contributed by atoms with E-state index in [1.807, 2.05) is 6.92 Å². The van der Waals surface area contributed by atoms with Crippen molar-refractivity contribution in [2.75, 3.05) is 5.73 Å². The van der Waals surface area contributed by atoms with Gasteiger partial charge in [-0.3, -0.25) is 4.79 Å². The van der Waals surface area contributed by atoms with Crippen LogP contribution in [-0.2, 0) is 0 Å². The predicted octanol–water partition coefficient (Wildman–Crippen LogP) is 1.58. The average Bonchev–Trinajstić information content (AvgIpc) is 3.01. The van der Waals surface area contributed by atoms with Gasteiger partial charge in [0.05, 0.1) is 0 Å².